The van der Waals surface area contributed by atoms with E-state index in [0.29, 0.717) is 28.6 Å². The largest absolute Gasteiger partial charge is 0.493 e. The maximum Gasteiger partial charge on any atom is 0.251 e. The monoisotopic (exact) mass is 363 g/mol. The lowest BCUT2D eigenvalue weighted by Gasteiger charge is -2.19. The summed E-state index contributed by atoms with van der Waals surface area (Å²) in [5, 5.41) is 4.89. The van der Waals surface area contributed by atoms with Crippen molar-refractivity contribution in [3.05, 3.63) is 40.8 Å². The number of para-hydroxylation sites is 1. The lowest BCUT2D eigenvalue weighted by Crippen LogP contribution is -2.30. The highest BCUT2D eigenvalue weighted by Gasteiger charge is 2.16. The number of likely N-dealkylation sites (N-methyl/N-ethyl adjacent to an activating group) is 1. The zero-order valence-electron chi connectivity index (χ0n) is 14.4. The second kappa shape index (κ2) is 8.50. The molecule has 7 nitrogen and oxygen atoms in total. The van der Waals surface area contributed by atoms with Gasteiger partial charge in [-0.3, -0.25) is 14.5 Å². The molecule has 1 heterocycles. The Balaban J connectivity index is 2.00. The molecule has 134 valence electrons. The Bertz CT molecular complexity index is 760. The number of carbonyl (C=O) groups excluding carboxylic acids is 2. The number of nitrogens with two attached hydrogens (primary N) is 1. The maximum absolute atomic E-state index is 12.2. The molecule has 2 rings (SSSR count). The van der Waals surface area contributed by atoms with Gasteiger partial charge in [-0.1, -0.05) is 12.1 Å². The van der Waals surface area contributed by atoms with Crippen LogP contribution in [0, 0.1) is 0 Å². The van der Waals surface area contributed by atoms with Gasteiger partial charge in [-0.25, -0.2) is 0 Å². The van der Waals surface area contributed by atoms with Crippen LogP contribution in [0.15, 0.2) is 29.6 Å². The molecule has 2 aromatic rings. The van der Waals surface area contributed by atoms with Gasteiger partial charge < -0.3 is 20.5 Å². The number of thiophene rings is 1. The van der Waals surface area contributed by atoms with E-state index < -0.39 is 5.91 Å². The Kier molecular flexibility index (Phi) is 6.37. The molecule has 0 aliphatic rings. The van der Waals surface area contributed by atoms with Crippen molar-refractivity contribution in [1.29, 1.82) is 0 Å². The van der Waals surface area contributed by atoms with E-state index in [9.17, 15) is 9.59 Å². The first-order valence-corrected chi connectivity index (χ1v) is 8.39. The highest BCUT2D eigenvalue weighted by molar-refractivity contribution is 7.14. The molecule has 0 aliphatic carbocycles. The molecule has 0 atom stereocenters. The first-order valence-electron chi connectivity index (χ1n) is 7.51. The van der Waals surface area contributed by atoms with Crippen LogP contribution >= 0.6 is 11.3 Å². The van der Waals surface area contributed by atoms with Crippen LogP contribution < -0.4 is 20.5 Å². The van der Waals surface area contributed by atoms with Gasteiger partial charge in [-0.05, 0) is 24.6 Å². The summed E-state index contributed by atoms with van der Waals surface area (Å²) in [6.45, 7) is 0.650. The lowest BCUT2D eigenvalue weighted by atomic mass is 10.1. The number of nitrogens with one attached hydrogen (secondary N) is 1. The standard InChI is InChI=1S/C17H21N3O4S/c1-20(9-11-5-4-6-13(23-2)15(11)24-3)10-14(21)19-17-12(16(18)22)7-8-25-17/h4-8H,9-10H2,1-3H3,(H2,18,22)(H,19,21). The number of hydrogen-bond donors (Lipinski definition) is 2. The van der Waals surface area contributed by atoms with E-state index in [0.717, 1.165) is 5.56 Å². The summed E-state index contributed by atoms with van der Waals surface area (Å²) in [5.74, 6) is 0.495. The van der Waals surface area contributed by atoms with Crippen LogP contribution in [0.3, 0.4) is 0 Å². The molecular weight excluding hydrogens is 342 g/mol. The van der Waals surface area contributed by atoms with Gasteiger partial charge in [0.2, 0.25) is 5.91 Å². The van der Waals surface area contributed by atoms with Crippen molar-refractivity contribution < 1.29 is 19.1 Å². The summed E-state index contributed by atoms with van der Waals surface area (Å²) in [6.07, 6.45) is 0. The van der Waals surface area contributed by atoms with Crippen molar-refractivity contribution >= 4 is 28.2 Å². The van der Waals surface area contributed by atoms with Crippen molar-refractivity contribution in [3.8, 4) is 11.5 Å². The zero-order valence-corrected chi connectivity index (χ0v) is 15.2. The van der Waals surface area contributed by atoms with E-state index in [1.807, 2.05) is 30.1 Å². The van der Waals surface area contributed by atoms with Crippen molar-refractivity contribution in [2.45, 2.75) is 6.54 Å². The third kappa shape index (κ3) is 4.71. The molecule has 0 aliphatic heterocycles. The van der Waals surface area contributed by atoms with Gasteiger partial charge in [0.05, 0.1) is 26.3 Å². The predicted molar refractivity (Wildman–Crippen MR) is 97.3 cm³/mol. The smallest absolute Gasteiger partial charge is 0.251 e. The Morgan fingerprint density at radius 2 is 2.00 bits per heavy atom. The normalized spacial score (nSPS) is 10.6. The van der Waals surface area contributed by atoms with Crippen LogP contribution in [-0.4, -0.2) is 44.5 Å². The van der Waals surface area contributed by atoms with Gasteiger partial charge in [0.1, 0.15) is 5.00 Å². The fourth-order valence-corrected chi connectivity index (χ4v) is 3.24. The van der Waals surface area contributed by atoms with Crippen LogP contribution in [0.4, 0.5) is 5.00 Å². The quantitative estimate of drug-likeness (QED) is 0.747. The minimum atomic E-state index is -0.564. The SMILES string of the molecule is COc1cccc(CN(C)CC(=O)Nc2sccc2C(N)=O)c1OC. The Morgan fingerprint density at radius 3 is 2.64 bits per heavy atom. The molecule has 8 heteroatoms. The van der Waals surface area contributed by atoms with Crippen molar-refractivity contribution in [2.75, 3.05) is 33.1 Å². The number of benzene rings is 1. The van der Waals surface area contributed by atoms with E-state index in [2.05, 4.69) is 5.32 Å². The molecule has 0 radical (unpaired) electrons. The number of primary amides is 1. The van der Waals surface area contributed by atoms with Gasteiger partial charge in [0.25, 0.3) is 5.91 Å². The van der Waals surface area contributed by atoms with Crippen molar-refractivity contribution in [3.63, 3.8) is 0 Å². The number of nitrogens with zero attached hydrogens (tertiary/aromatic N) is 1. The highest BCUT2D eigenvalue weighted by Crippen LogP contribution is 2.31. The van der Waals surface area contributed by atoms with E-state index in [1.54, 1.807) is 25.7 Å². The fraction of sp³-hybridized carbons (Fsp3) is 0.294. The molecule has 0 fully saturated rings. The summed E-state index contributed by atoms with van der Waals surface area (Å²) in [6, 6.07) is 7.19. The van der Waals surface area contributed by atoms with E-state index in [1.165, 1.54) is 11.3 Å². The van der Waals surface area contributed by atoms with Gasteiger partial charge in [-0.2, -0.15) is 0 Å². The lowest BCUT2D eigenvalue weighted by molar-refractivity contribution is -0.117. The number of anilines is 1. The minimum Gasteiger partial charge on any atom is -0.493 e. The third-order valence-electron chi connectivity index (χ3n) is 3.52. The van der Waals surface area contributed by atoms with E-state index in [4.69, 9.17) is 15.2 Å². The topological polar surface area (TPSA) is 93.9 Å². The number of rotatable bonds is 8. The second-order valence-corrected chi connectivity index (χ2v) is 6.32. The average molecular weight is 363 g/mol. The van der Waals surface area contributed by atoms with Gasteiger partial charge in [0.15, 0.2) is 11.5 Å². The van der Waals surface area contributed by atoms with Crippen LogP contribution in [0.1, 0.15) is 15.9 Å². The number of hydrogen-bond acceptors (Lipinski definition) is 6. The number of carbonyl (C=O) groups is 2. The van der Waals surface area contributed by atoms with Gasteiger partial charge in [-0.15, -0.1) is 11.3 Å². The van der Waals surface area contributed by atoms with Crippen molar-refractivity contribution in [2.24, 2.45) is 5.73 Å². The summed E-state index contributed by atoms with van der Waals surface area (Å²) >= 11 is 1.26. The van der Waals surface area contributed by atoms with E-state index >= 15 is 0 Å². The molecule has 2 amide bonds. The van der Waals surface area contributed by atoms with E-state index in [-0.39, 0.29) is 12.5 Å². The van der Waals surface area contributed by atoms with Gasteiger partial charge >= 0.3 is 0 Å². The second-order valence-electron chi connectivity index (χ2n) is 5.40. The first kappa shape index (κ1) is 18.8. The molecule has 1 aromatic heterocycles. The predicted octanol–water partition coefficient (Wildman–Crippen LogP) is 1.93. The molecule has 25 heavy (non-hydrogen) atoms. The summed E-state index contributed by atoms with van der Waals surface area (Å²) < 4.78 is 10.7. The number of amides is 2. The molecular formula is C17H21N3O4S. The minimum absolute atomic E-state index is 0.149. The molecule has 0 saturated carbocycles. The molecule has 0 spiro atoms. The summed E-state index contributed by atoms with van der Waals surface area (Å²) in [4.78, 5) is 25.3. The van der Waals surface area contributed by atoms with Crippen LogP contribution in [-0.2, 0) is 11.3 Å². The number of methoxy groups -OCH3 is 2. The maximum atomic E-state index is 12.2. The summed E-state index contributed by atoms with van der Waals surface area (Å²) in [7, 11) is 4.98. The van der Waals surface area contributed by atoms with Crippen LogP contribution in [0.2, 0.25) is 0 Å². The van der Waals surface area contributed by atoms with Crippen molar-refractivity contribution in [1.82, 2.24) is 4.90 Å². The van der Waals surface area contributed by atoms with Crippen LogP contribution in [0.5, 0.6) is 11.5 Å². The fourth-order valence-electron chi connectivity index (χ4n) is 2.44. The summed E-state index contributed by atoms with van der Waals surface area (Å²) in [5.41, 5.74) is 6.50. The Hall–Kier alpha value is -2.58. The molecule has 0 unspecified atom stereocenters. The highest BCUT2D eigenvalue weighted by atomic mass is 32.1. The zero-order chi connectivity index (χ0) is 18.4. The Morgan fingerprint density at radius 1 is 1.24 bits per heavy atom. The molecule has 0 saturated heterocycles. The number of ether oxygens (including phenoxy) is 2. The van der Waals surface area contributed by atoms with Gasteiger partial charge in [0, 0.05) is 12.1 Å². The average Bonchev–Trinajstić information content (AvgIpc) is 3.02. The molecule has 1 aromatic carbocycles. The third-order valence-corrected chi connectivity index (χ3v) is 4.35. The molecule has 0 bridgehead atoms. The van der Waals surface area contributed by atoms with Crippen LogP contribution in [0.25, 0.3) is 0 Å². The Labute approximate surface area is 150 Å². The molecule has 3 N–H and O–H groups in total. The first-order chi connectivity index (χ1) is 12.0.